The highest BCUT2D eigenvalue weighted by Gasteiger charge is 2.39. The molecule has 0 bridgehead atoms. The minimum atomic E-state index is -5.00. The highest BCUT2D eigenvalue weighted by Crippen LogP contribution is 2.19. The largest absolute Gasteiger partial charge is 0.450 e. The van der Waals surface area contributed by atoms with Crippen LogP contribution in [0.5, 0.6) is 0 Å². The van der Waals surface area contributed by atoms with E-state index in [2.05, 4.69) is 0 Å². The molecule has 0 atom stereocenters. The van der Waals surface area contributed by atoms with Crippen LogP contribution in [0.15, 0.2) is 24.3 Å². The van der Waals surface area contributed by atoms with Crippen LogP contribution in [0.1, 0.15) is 34.1 Å². The van der Waals surface area contributed by atoms with E-state index in [0.29, 0.717) is 5.56 Å². The molecule has 0 aromatic heterocycles. The zero-order valence-electron chi connectivity index (χ0n) is 9.38. The lowest BCUT2D eigenvalue weighted by Crippen LogP contribution is -2.25. The first-order chi connectivity index (χ1) is 8.21. The van der Waals surface area contributed by atoms with Gasteiger partial charge in [0.15, 0.2) is 11.6 Å². The van der Waals surface area contributed by atoms with Crippen molar-refractivity contribution in [2.45, 2.75) is 19.5 Å². The Morgan fingerprint density at radius 3 is 1.83 bits per heavy atom. The molecule has 1 aromatic rings. The van der Waals surface area contributed by atoms with Gasteiger partial charge in [0.05, 0.1) is 6.42 Å². The molecule has 0 unspecified atom stereocenters. The molecule has 0 amide bonds. The summed E-state index contributed by atoms with van der Waals surface area (Å²) in [6.45, 7) is 1.32. The molecule has 0 saturated carbocycles. The van der Waals surface area contributed by atoms with Gasteiger partial charge in [0.25, 0.3) is 0 Å². The quantitative estimate of drug-likeness (QED) is 0.616. The van der Waals surface area contributed by atoms with Crippen LogP contribution in [-0.2, 0) is 4.79 Å². The summed E-state index contributed by atoms with van der Waals surface area (Å²) in [5.74, 6) is -3.23. The fourth-order valence-corrected chi connectivity index (χ4v) is 1.24. The molecule has 0 aliphatic heterocycles. The second-order valence-electron chi connectivity index (χ2n) is 3.65. The number of carbonyl (C=O) groups is 3. The maximum Gasteiger partial charge on any atom is 0.450 e. The van der Waals surface area contributed by atoms with Crippen molar-refractivity contribution in [3.05, 3.63) is 35.4 Å². The van der Waals surface area contributed by atoms with Gasteiger partial charge in [0.2, 0.25) is 5.78 Å². The van der Waals surface area contributed by atoms with Crippen LogP contribution < -0.4 is 0 Å². The van der Waals surface area contributed by atoms with E-state index in [1.807, 2.05) is 0 Å². The second kappa shape index (κ2) is 5.12. The average molecular weight is 258 g/mol. The zero-order valence-corrected chi connectivity index (χ0v) is 9.38. The Morgan fingerprint density at radius 2 is 1.44 bits per heavy atom. The van der Waals surface area contributed by atoms with Crippen molar-refractivity contribution in [1.29, 1.82) is 0 Å². The third kappa shape index (κ3) is 3.51. The van der Waals surface area contributed by atoms with Crippen LogP contribution in [0.2, 0.25) is 0 Å². The van der Waals surface area contributed by atoms with E-state index in [0.717, 1.165) is 0 Å². The Labute approximate surface area is 101 Å². The molecule has 18 heavy (non-hydrogen) atoms. The molecule has 0 N–H and O–H groups in total. The Hall–Kier alpha value is -1.98. The molecule has 0 fully saturated rings. The molecule has 0 heterocycles. The minimum absolute atomic E-state index is 0.0300. The number of hydrogen-bond acceptors (Lipinski definition) is 3. The van der Waals surface area contributed by atoms with E-state index in [1.54, 1.807) is 0 Å². The van der Waals surface area contributed by atoms with E-state index < -0.39 is 24.2 Å². The lowest BCUT2D eigenvalue weighted by molar-refractivity contribution is -0.170. The first-order valence-corrected chi connectivity index (χ1v) is 4.96. The number of hydrogen-bond donors (Lipinski definition) is 0. The van der Waals surface area contributed by atoms with Gasteiger partial charge >= 0.3 is 6.18 Å². The Kier molecular flexibility index (Phi) is 4.00. The van der Waals surface area contributed by atoms with Gasteiger partial charge in [-0.05, 0) is 6.92 Å². The van der Waals surface area contributed by atoms with Gasteiger partial charge in [-0.1, -0.05) is 24.3 Å². The predicted molar refractivity (Wildman–Crippen MR) is 56.5 cm³/mol. The average Bonchev–Trinajstić information content (AvgIpc) is 2.27. The third-order valence-corrected chi connectivity index (χ3v) is 2.25. The van der Waals surface area contributed by atoms with Gasteiger partial charge in [0, 0.05) is 11.1 Å². The third-order valence-electron chi connectivity index (χ3n) is 2.25. The Morgan fingerprint density at radius 1 is 1.00 bits per heavy atom. The fraction of sp³-hybridized carbons (Fsp3) is 0.250. The van der Waals surface area contributed by atoms with E-state index in [1.165, 1.54) is 31.2 Å². The van der Waals surface area contributed by atoms with Crippen molar-refractivity contribution >= 4 is 17.3 Å². The standard InChI is InChI=1S/C12H9F3O3/c1-7(16)8-2-4-9(5-3-8)10(17)6-11(18)12(13,14)15/h2-5H,6H2,1H3. The molecule has 0 saturated heterocycles. The first-order valence-electron chi connectivity index (χ1n) is 4.96. The molecular formula is C12H9F3O3. The molecule has 0 spiro atoms. The molecule has 1 aromatic carbocycles. The zero-order chi connectivity index (χ0) is 13.9. The monoisotopic (exact) mass is 258 g/mol. The van der Waals surface area contributed by atoms with E-state index in [9.17, 15) is 27.6 Å². The number of rotatable bonds is 4. The summed E-state index contributed by atoms with van der Waals surface area (Å²) < 4.78 is 35.8. The second-order valence-corrected chi connectivity index (χ2v) is 3.65. The summed E-state index contributed by atoms with van der Waals surface area (Å²) in [7, 11) is 0. The van der Waals surface area contributed by atoms with Crippen LogP contribution >= 0.6 is 0 Å². The minimum Gasteiger partial charge on any atom is -0.295 e. The molecule has 96 valence electrons. The summed E-state index contributed by atoms with van der Waals surface area (Å²) >= 11 is 0. The van der Waals surface area contributed by atoms with Crippen molar-refractivity contribution < 1.29 is 27.6 Å². The van der Waals surface area contributed by atoms with Crippen molar-refractivity contribution in [2.75, 3.05) is 0 Å². The number of carbonyl (C=O) groups excluding carboxylic acids is 3. The summed E-state index contributed by atoms with van der Waals surface area (Å²) in [5, 5.41) is 0. The van der Waals surface area contributed by atoms with Gasteiger partial charge in [0.1, 0.15) is 0 Å². The molecule has 0 aliphatic carbocycles. The normalized spacial score (nSPS) is 11.1. The van der Waals surface area contributed by atoms with Crippen LogP contribution in [0.25, 0.3) is 0 Å². The lowest BCUT2D eigenvalue weighted by atomic mass is 10.0. The van der Waals surface area contributed by atoms with Gasteiger partial charge in [-0.3, -0.25) is 14.4 Å². The molecular weight excluding hydrogens is 249 g/mol. The van der Waals surface area contributed by atoms with Crippen molar-refractivity contribution in [3.8, 4) is 0 Å². The van der Waals surface area contributed by atoms with Gasteiger partial charge in [-0.15, -0.1) is 0 Å². The number of Topliss-reactive ketones (excluding diaryl/α,β-unsaturated/α-hetero) is 3. The van der Waals surface area contributed by atoms with Gasteiger partial charge < -0.3 is 0 Å². The predicted octanol–water partition coefficient (Wildman–Crippen LogP) is 2.59. The Bertz CT molecular complexity index is 486. The van der Waals surface area contributed by atoms with Crippen molar-refractivity contribution in [2.24, 2.45) is 0 Å². The molecule has 6 heteroatoms. The summed E-state index contributed by atoms with van der Waals surface area (Å²) in [6.07, 6.45) is -6.22. The Balaban J connectivity index is 2.80. The van der Waals surface area contributed by atoms with Crippen LogP contribution in [0.4, 0.5) is 13.2 Å². The van der Waals surface area contributed by atoms with Crippen LogP contribution in [-0.4, -0.2) is 23.5 Å². The number of benzene rings is 1. The number of ketones is 3. The smallest absolute Gasteiger partial charge is 0.295 e. The molecule has 0 radical (unpaired) electrons. The van der Waals surface area contributed by atoms with Crippen molar-refractivity contribution in [1.82, 2.24) is 0 Å². The number of alkyl halides is 3. The lowest BCUT2D eigenvalue weighted by Gasteiger charge is -2.04. The van der Waals surface area contributed by atoms with Gasteiger partial charge in [-0.2, -0.15) is 13.2 Å². The van der Waals surface area contributed by atoms with Crippen LogP contribution in [0.3, 0.4) is 0 Å². The fourth-order valence-electron chi connectivity index (χ4n) is 1.24. The molecule has 3 nitrogen and oxygen atoms in total. The highest BCUT2D eigenvalue weighted by molar-refractivity contribution is 6.09. The summed E-state index contributed by atoms with van der Waals surface area (Å²) in [4.78, 5) is 32.9. The number of halogens is 3. The summed E-state index contributed by atoms with van der Waals surface area (Å²) in [6, 6.07) is 5.10. The maximum atomic E-state index is 11.9. The van der Waals surface area contributed by atoms with E-state index >= 15 is 0 Å². The van der Waals surface area contributed by atoms with Crippen LogP contribution in [0, 0.1) is 0 Å². The van der Waals surface area contributed by atoms with E-state index in [-0.39, 0.29) is 11.3 Å². The molecule has 0 aliphatic rings. The topological polar surface area (TPSA) is 51.2 Å². The first kappa shape index (κ1) is 14.1. The SMILES string of the molecule is CC(=O)c1ccc(C(=O)CC(=O)C(F)(F)F)cc1. The molecule has 1 rings (SSSR count). The summed E-state index contributed by atoms with van der Waals surface area (Å²) in [5.41, 5.74) is 0.311. The van der Waals surface area contributed by atoms with Gasteiger partial charge in [-0.25, -0.2) is 0 Å². The highest BCUT2D eigenvalue weighted by atomic mass is 19.4. The van der Waals surface area contributed by atoms with Crippen molar-refractivity contribution in [3.63, 3.8) is 0 Å². The maximum absolute atomic E-state index is 11.9. The van der Waals surface area contributed by atoms with E-state index in [4.69, 9.17) is 0 Å².